The van der Waals surface area contributed by atoms with Gasteiger partial charge in [0, 0.05) is 12.3 Å². The van der Waals surface area contributed by atoms with E-state index >= 15 is 0 Å². The van der Waals surface area contributed by atoms with Crippen LogP contribution in [0.15, 0.2) is 60.1 Å². The van der Waals surface area contributed by atoms with E-state index in [1.807, 2.05) is 6.08 Å². The lowest BCUT2D eigenvalue weighted by Crippen LogP contribution is -2.05. The van der Waals surface area contributed by atoms with E-state index in [0.717, 1.165) is 0 Å². The first-order chi connectivity index (χ1) is 9.61. The van der Waals surface area contributed by atoms with Crippen molar-refractivity contribution in [3.05, 3.63) is 65.7 Å². The molecule has 0 saturated heterocycles. The number of methoxy groups -OCH3 is 1. The van der Waals surface area contributed by atoms with Crippen LogP contribution >= 0.6 is 0 Å². The monoisotopic (exact) mass is 272 g/mol. The predicted molar refractivity (Wildman–Crippen MR) is 75.5 cm³/mol. The highest BCUT2D eigenvalue weighted by atomic mass is 16.5. The smallest absolute Gasteiger partial charge is 0.189 e. The fraction of sp³-hybridized carbons (Fsp3) is 0.188. The van der Waals surface area contributed by atoms with E-state index in [2.05, 4.69) is 0 Å². The van der Waals surface area contributed by atoms with Crippen LogP contribution in [0.5, 0.6) is 5.75 Å². The van der Waals surface area contributed by atoms with Crippen molar-refractivity contribution in [3.8, 4) is 5.75 Å². The number of allylic oxidation sites excluding steroid dienone is 5. The van der Waals surface area contributed by atoms with E-state index in [9.17, 15) is 15.0 Å². The number of carbonyl (C=O) groups is 1. The molecule has 4 heteroatoms. The molecule has 0 fully saturated rings. The van der Waals surface area contributed by atoms with Gasteiger partial charge in [-0.05, 0) is 24.3 Å². The molecule has 0 radical (unpaired) electrons. The summed E-state index contributed by atoms with van der Waals surface area (Å²) in [6.45, 7) is 0. The van der Waals surface area contributed by atoms with Gasteiger partial charge in [-0.2, -0.15) is 0 Å². The Morgan fingerprint density at radius 1 is 1.35 bits per heavy atom. The molecule has 0 amide bonds. The van der Waals surface area contributed by atoms with Gasteiger partial charge in [0.2, 0.25) is 0 Å². The molecule has 1 aliphatic rings. The molecule has 2 rings (SSSR count). The Hall–Kier alpha value is -2.49. The molecule has 4 nitrogen and oxygen atoms in total. The average molecular weight is 272 g/mol. The lowest BCUT2D eigenvalue weighted by atomic mass is 9.97. The highest BCUT2D eigenvalue weighted by Gasteiger charge is 2.15. The van der Waals surface area contributed by atoms with Crippen LogP contribution in [0, 0.1) is 5.92 Å². The third-order valence-electron chi connectivity index (χ3n) is 3.09. The van der Waals surface area contributed by atoms with Crippen LogP contribution < -0.4 is 0 Å². The molecule has 0 saturated carbocycles. The van der Waals surface area contributed by atoms with Crippen LogP contribution in [0.1, 0.15) is 16.8 Å². The van der Waals surface area contributed by atoms with Crippen molar-refractivity contribution in [2.75, 3.05) is 7.11 Å². The molecule has 1 aromatic carbocycles. The molecule has 1 atom stereocenters. The van der Waals surface area contributed by atoms with Crippen LogP contribution in [0.2, 0.25) is 0 Å². The van der Waals surface area contributed by atoms with Crippen LogP contribution in [0.4, 0.5) is 0 Å². The highest BCUT2D eigenvalue weighted by Crippen LogP contribution is 2.24. The zero-order chi connectivity index (χ0) is 14.5. The number of aromatic hydroxyl groups is 1. The summed E-state index contributed by atoms with van der Waals surface area (Å²) in [5.74, 6) is 0.244. The first kappa shape index (κ1) is 13.9. The fourth-order valence-electron chi connectivity index (χ4n) is 2.00. The standard InChI is InChI=1S/C16H16O4/c1-20-16-9-7-11(10-15(16)19)6-8-14(18)12-4-2-3-5-13(12)17/h2-9,11,17,19H,10H2,1H3. The summed E-state index contributed by atoms with van der Waals surface area (Å²) in [6, 6.07) is 6.40. The van der Waals surface area contributed by atoms with Gasteiger partial charge in [-0.1, -0.05) is 24.3 Å². The summed E-state index contributed by atoms with van der Waals surface area (Å²) in [7, 11) is 1.49. The van der Waals surface area contributed by atoms with Crippen LogP contribution in [-0.4, -0.2) is 23.1 Å². The summed E-state index contributed by atoms with van der Waals surface area (Å²) in [4.78, 5) is 11.9. The van der Waals surface area contributed by atoms with Crippen molar-refractivity contribution in [3.63, 3.8) is 0 Å². The summed E-state index contributed by atoms with van der Waals surface area (Å²) >= 11 is 0. The minimum atomic E-state index is -0.266. The van der Waals surface area contributed by atoms with Crippen molar-refractivity contribution >= 4 is 5.78 Å². The SMILES string of the molecule is COC1=C(O)CC(C=CC(=O)c2ccccc2O)C=C1. The summed E-state index contributed by atoms with van der Waals surface area (Å²) in [6.07, 6.45) is 7.04. The Morgan fingerprint density at radius 3 is 2.75 bits per heavy atom. The molecule has 20 heavy (non-hydrogen) atoms. The van der Waals surface area contributed by atoms with Crippen LogP contribution in [-0.2, 0) is 4.74 Å². The molecule has 1 aromatic rings. The normalized spacial score (nSPS) is 18.6. The van der Waals surface area contributed by atoms with Gasteiger partial charge in [0.25, 0.3) is 0 Å². The Morgan fingerprint density at radius 2 is 2.10 bits per heavy atom. The maximum atomic E-state index is 11.9. The molecule has 0 bridgehead atoms. The second-order valence-corrected chi connectivity index (χ2v) is 4.48. The predicted octanol–water partition coefficient (Wildman–Crippen LogP) is 3.12. The summed E-state index contributed by atoms with van der Waals surface area (Å²) < 4.78 is 4.98. The van der Waals surface area contributed by atoms with E-state index < -0.39 is 0 Å². The number of hydrogen-bond acceptors (Lipinski definition) is 4. The number of aliphatic hydroxyl groups excluding tert-OH is 1. The maximum Gasteiger partial charge on any atom is 0.189 e. The Kier molecular flexibility index (Phi) is 4.25. The Bertz CT molecular complexity index is 596. The molecule has 0 heterocycles. The van der Waals surface area contributed by atoms with Gasteiger partial charge in [-0.15, -0.1) is 0 Å². The number of phenols is 1. The second-order valence-electron chi connectivity index (χ2n) is 4.48. The average Bonchev–Trinajstić information content (AvgIpc) is 2.45. The quantitative estimate of drug-likeness (QED) is 0.652. The van der Waals surface area contributed by atoms with Gasteiger partial charge in [-0.25, -0.2) is 0 Å². The summed E-state index contributed by atoms with van der Waals surface area (Å²) in [5.41, 5.74) is 0.265. The van der Waals surface area contributed by atoms with Gasteiger partial charge in [0.15, 0.2) is 11.5 Å². The third kappa shape index (κ3) is 3.09. The number of ether oxygens (including phenoxy) is 1. The first-order valence-electron chi connectivity index (χ1n) is 6.26. The van der Waals surface area contributed by atoms with Gasteiger partial charge in [0.05, 0.1) is 12.7 Å². The fourth-order valence-corrected chi connectivity index (χ4v) is 2.00. The van der Waals surface area contributed by atoms with Crippen molar-refractivity contribution in [1.29, 1.82) is 0 Å². The molecule has 104 valence electrons. The van der Waals surface area contributed by atoms with Gasteiger partial charge < -0.3 is 14.9 Å². The number of ketones is 1. The number of hydrogen-bond donors (Lipinski definition) is 2. The van der Waals surface area contributed by atoms with Gasteiger partial charge in [-0.3, -0.25) is 4.79 Å². The minimum Gasteiger partial charge on any atom is -0.508 e. The zero-order valence-electron chi connectivity index (χ0n) is 11.1. The topological polar surface area (TPSA) is 66.8 Å². The molecule has 2 N–H and O–H groups in total. The van der Waals surface area contributed by atoms with E-state index in [1.165, 1.54) is 19.3 Å². The van der Waals surface area contributed by atoms with Gasteiger partial charge in [0.1, 0.15) is 11.5 Å². The molecule has 1 aliphatic carbocycles. The van der Waals surface area contributed by atoms with Gasteiger partial charge >= 0.3 is 0 Å². The number of benzene rings is 1. The molecular formula is C16H16O4. The molecule has 1 unspecified atom stereocenters. The lowest BCUT2D eigenvalue weighted by Gasteiger charge is -2.15. The molecule has 0 spiro atoms. The molecule has 0 aliphatic heterocycles. The van der Waals surface area contributed by atoms with Crippen molar-refractivity contribution in [2.45, 2.75) is 6.42 Å². The van der Waals surface area contributed by atoms with E-state index in [1.54, 1.807) is 30.4 Å². The number of para-hydroxylation sites is 1. The number of aliphatic hydroxyl groups is 1. The zero-order valence-corrected chi connectivity index (χ0v) is 11.1. The lowest BCUT2D eigenvalue weighted by molar-refractivity contribution is 0.104. The minimum absolute atomic E-state index is 0.0363. The van der Waals surface area contributed by atoms with E-state index in [-0.39, 0.29) is 28.8 Å². The van der Waals surface area contributed by atoms with Crippen LogP contribution in [0.25, 0.3) is 0 Å². The molecule has 0 aromatic heterocycles. The first-order valence-corrected chi connectivity index (χ1v) is 6.26. The Balaban J connectivity index is 2.05. The second kappa shape index (κ2) is 6.10. The highest BCUT2D eigenvalue weighted by molar-refractivity contribution is 6.06. The van der Waals surface area contributed by atoms with Crippen molar-refractivity contribution < 1.29 is 19.7 Å². The number of phenolic OH excluding ortho intramolecular Hbond substituents is 1. The van der Waals surface area contributed by atoms with Crippen molar-refractivity contribution in [2.24, 2.45) is 5.92 Å². The van der Waals surface area contributed by atoms with Crippen molar-refractivity contribution in [1.82, 2.24) is 0 Å². The largest absolute Gasteiger partial charge is 0.508 e. The molecular weight excluding hydrogens is 256 g/mol. The van der Waals surface area contributed by atoms with E-state index in [0.29, 0.717) is 12.2 Å². The maximum absolute atomic E-state index is 11.9. The third-order valence-corrected chi connectivity index (χ3v) is 3.09. The number of rotatable bonds is 4. The number of carbonyl (C=O) groups excluding carboxylic acids is 1. The summed E-state index contributed by atoms with van der Waals surface area (Å²) in [5, 5.41) is 19.3. The van der Waals surface area contributed by atoms with E-state index in [4.69, 9.17) is 4.74 Å². The van der Waals surface area contributed by atoms with Crippen LogP contribution in [0.3, 0.4) is 0 Å². The Labute approximate surface area is 117 Å².